The summed E-state index contributed by atoms with van der Waals surface area (Å²) >= 11 is 3.39. The van der Waals surface area contributed by atoms with Crippen LogP contribution in [0.4, 0.5) is 23.4 Å². The standard InChI is InChI=1S/C17H14BrF4N5/c18-26(10-16(8-23-9-16)11-1-3-12(19)4-2-11)15-7-13(17(20,21)22)25-14-5-6-24-27(14)15/h1-7,23H,8-10H2. The van der Waals surface area contributed by atoms with Gasteiger partial charge in [-0.3, -0.25) is 3.93 Å². The zero-order valence-corrected chi connectivity index (χ0v) is 15.4. The summed E-state index contributed by atoms with van der Waals surface area (Å²) in [7, 11) is 0. The van der Waals surface area contributed by atoms with Crippen LogP contribution in [-0.2, 0) is 11.6 Å². The Hall–Kier alpha value is -2.20. The van der Waals surface area contributed by atoms with Crippen molar-refractivity contribution in [1.82, 2.24) is 19.9 Å². The molecule has 0 amide bonds. The average molecular weight is 444 g/mol. The Kier molecular flexibility index (Phi) is 4.34. The third-order valence-corrected chi connectivity index (χ3v) is 5.32. The first-order valence-corrected chi connectivity index (χ1v) is 8.82. The Labute approximate surface area is 160 Å². The second-order valence-electron chi connectivity index (χ2n) is 6.51. The molecule has 0 radical (unpaired) electrons. The topological polar surface area (TPSA) is 45.5 Å². The lowest BCUT2D eigenvalue weighted by Gasteiger charge is -2.45. The molecular weight excluding hydrogens is 430 g/mol. The van der Waals surface area contributed by atoms with Gasteiger partial charge < -0.3 is 5.32 Å². The molecule has 0 bridgehead atoms. The van der Waals surface area contributed by atoms with Gasteiger partial charge in [-0.1, -0.05) is 12.1 Å². The quantitative estimate of drug-likeness (QED) is 0.494. The summed E-state index contributed by atoms with van der Waals surface area (Å²) < 4.78 is 55.8. The van der Waals surface area contributed by atoms with E-state index in [0.29, 0.717) is 19.6 Å². The van der Waals surface area contributed by atoms with Crippen molar-refractivity contribution in [1.29, 1.82) is 0 Å². The van der Waals surface area contributed by atoms with Crippen LogP contribution in [0, 0.1) is 5.82 Å². The van der Waals surface area contributed by atoms with E-state index in [1.807, 2.05) is 0 Å². The summed E-state index contributed by atoms with van der Waals surface area (Å²) in [5.74, 6) is -0.121. The summed E-state index contributed by atoms with van der Waals surface area (Å²) in [6.45, 7) is 1.61. The molecule has 0 atom stereocenters. The summed E-state index contributed by atoms with van der Waals surface area (Å²) in [6.07, 6.45) is -3.17. The van der Waals surface area contributed by atoms with E-state index in [0.717, 1.165) is 11.6 Å². The normalized spacial score (nSPS) is 16.3. The number of anilines is 1. The number of rotatable bonds is 4. The number of hydrogen-bond donors (Lipinski definition) is 1. The van der Waals surface area contributed by atoms with E-state index >= 15 is 0 Å². The van der Waals surface area contributed by atoms with Crippen molar-refractivity contribution in [2.24, 2.45) is 0 Å². The van der Waals surface area contributed by atoms with Crippen molar-refractivity contribution in [3.63, 3.8) is 0 Å². The summed E-state index contributed by atoms with van der Waals surface area (Å²) in [6, 6.07) is 8.55. The van der Waals surface area contributed by atoms with Crippen molar-refractivity contribution in [3.8, 4) is 0 Å². The molecule has 3 aromatic rings. The van der Waals surface area contributed by atoms with Crippen LogP contribution in [0.1, 0.15) is 11.3 Å². The van der Waals surface area contributed by atoms with Gasteiger partial charge in [0.05, 0.1) is 22.3 Å². The van der Waals surface area contributed by atoms with Gasteiger partial charge in [-0.2, -0.15) is 22.8 Å². The van der Waals surface area contributed by atoms with E-state index in [9.17, 15) is 17.6 Å². The van der Waals surface area contributed by atoms with Gasteiger partial charge in [0, 0.05) is 37.2 Å². The second kappa shape index (κ2) is 6.45. The maximum Gasteiger partial charge on any atom is 0.433 e. The van der Waals surface area contributed by atoms with Gasteiger partial charge in [-0.15, -0.1) is 0 Å². The van der Waals surface area contributed by atoms with Gasteiger partial charge in [-0.05, 0) is 17.7 Å². The molecule has 0 unspecified atom stereocenters. The fourth-order valence-corrected chi connectivity index (χ4v) is 3.93. The molecule has 5 nitrogen and oxygen atoms in total. The van der Waals surface area contributed by atoms with Gasteiger partial charge in [0.25, 0.3) is 0 Å². The molecule has 1 N–H and O–H groups in total. The average Bonchev–Trinajstić information content (AvgIpc) is 3.05. The number of alkyl halides is 3. The highest BCUT2D eigenvalue weighted by molar-refractivity contribution is 9.10. The molecule has 0 aliphatic carbocycles. The lowest BCUT2D eigenvalue weighted by Crippen LogP contribution is -2.61. The van der Waals surface area contributed by atoms with Crippen LogP contribution in [0.3, 0.4) is 0 Å². The van der Waals surface area contributed by atoms with Crippen LogP contribution in [0.5, 0.6) is 0 Å². The Balaban J connectivity index is 1.71. The Morgan fingerprint density at radius 2 is 1.89 bits per heavy atom. The number of halogens is 5. The molecule has 27 heavy (non-hydrogen) atoms. The summed E-state index contributed by atoms with van der Waals surface area (Å²) in [4.78, 5) is 3.62. The van der Waals surface area contributed by atoms with Crippen molar-refractivity contribution < 1.29 is 17.6 Å². The lowest BCUT2D eigenvalue weighted by molar-refractivity contribution is -0.141. The highest BCUT2D eigenvalue weighted by atomic mass is 79.9. The van der Waals surface area contributed by atoms with Crippen LogP contribution >= 0.6 is 16.1 Å². The smallest absolute Gasteiger partial charge is 0.315 e. The molecule has 0 spiro atoms. The molecule has 10 heteroatoms. The molecule has 1 aliphatic heterocycles. The molecule has 1 aromatic carbocycles. The highest BCUT2D eigenvalue weighted by Gasteiger charge is 2.41. The summed E-state index contributed by atoms with van der Waals surface area (Å²) in [5, 5.41) is 7.25. The SMILES string of the molecule is Fc1ccc(C2(CN(Br)c3cc(C(F)(F)F)nc4ccnn34)CNC2)cc1. The van der Waals surface area contributed by atoms with E-state index in [-0.39, 0.29) is 22.7 Å². The van der Waals surface area contributed by atoms with E-state index < -0.39 is 11.9 Å². The Bertz CT molecular complexity index is 966. The number of aromatic nitrogens is 3. The zero-order valence-electron chi connectivity index (χ0n) is 13.8. The highest BCUT2D eigenvalue weighted by Crippen LogP contribution is 2.35. The molecule has 2 aromatic heterocycles. The Morgan fingerprint density at radius 3 is 2.48 bits per heavy atom. The third kappa shape index (κ3) is 3.27. The van der Waals surface area contributed by atoms with Gasteiger partial charge >= 0.3 is 6.18 Å². The van der Waals surface area contributed by atoms with Gasteiger partial charge in [-0.25, -0.2) is 9.37 Å². The van der Waals surface area contributed by atoms with E-state index in [2.05, 4.69) is 31.5 Å². The van der Waals surface area contributed by atoms with Crippen molar-refractivity contribution in [2.75, 3.05) is 23.6 Å². The van der Waals surface area contributed by atoms with E-state index in [1.54, 1.807) is 16.1 Å². The first kappa shape index (κ1) is 18.2. The molecule has 1 fully saturated rings. The number of fused-ring (bicyclic) bond motifs is 1. The van der Waals surface area contributed by atoms with Crippen LogP contribution in [0.25, 0.3) is 5.65 Å². The fraction of sp³-hybridized carbons (Fsp3) is 0.294. The number of nitrogens with one attached hydrogen (secondary N) is 1. The molecule has 1 aliphatic rings. The molecule has 142 valence electrons. The van der Waals surface area contributed by atoms with Gasteiger partial charge in [0.15, 0.2) is 11.3 Å². The molecule has 3 heterocycles. The zero-order chi connectivity index (χ0) is 19.2. The maximum atomic E-state index is 13.3. The monoisotopic (exact) mass is 443 g/mol. The van der Waals surface area contributed by atoms with Crippen molar-refractivity contribution in [2.45, 2.75) is 11.6 Å². The largest absolute Gasteiger partial charge is 0.433 e. The molecular formula is C17H14BrF4N5. The minimum absolute atomic E-state index is 0.104. The Morgan fingerprint density at radius 1 is 1.19 bits per heavy atom. The molecule has 1 saturated heterocycles. The number of benzene rings is 1. The van der Waals surface area contributed by atoms with Crippen LogP contribution < -0.4 is 9.24 Å². The van der Waals surface area contributed by atoms with Gasteiger partial charge in [0.1, 0.15) is 11.6 Å². The van der Waals surface area contributed by atoms with Crippen LogP contribution in [0.2, 0.25) is 0 Å². The first-order chi connectivity index (χ1) is 12.8. The maximum absolute atomic E-state index is 13.3. The van der Waals surface area contributed by atoms with E-state index in [1.165, 1.54) is 28.9 Å². The molecule has 0 saturated carbocycles. The molecule has 4 rings (SSSR count). The summed E-state index contributed by atoms with van der Waals surface area (Å²) in [5.41, 5.74) is -0.337. The van der Waals surface area contributed by atoms with Crippen molar-refractivity contribution in [3.05, 3.63) is 59.7 Å². The van der Waals surface area contributed by atoms with Crippen LogP contribution in [-0.4, -0.2) is 34.2 Å². The first-order valence-electron chi connectivity index (χ1n) is 8.11. The predicted molar refractivity (Wildman–Crippen MR) is 95.2 cm³/mol. The third-order valence-electron chi connectivity index (χ3n) is 4.70. The van der Waals surface area contributed by atoms with E-state index in [4.69, 9.17) is 0 Å². The lowest BCUT2D eigenvalue weighted by atomic mass is 9.75. The predicted octanol–water partition coefficient (Wildman–Crippen LogP) is 3.54. The van der Waals surface area contributed by atoms with Crippen LogP contribution in [0.15, 0.2) is 42.6 Å². The number of nitrogens with zero attached hydrogens (tertiary/aromatic N) is 4. The fourth-order valence-electron chi connectivity index (χ4n) is 3.20. The minimum Gasteiger partial charge on any atom is -0.315 e. The van der Waals surface area contributed by atoms with Crippen molar-refractivity contribution >= 4 is 27.6 Å². The number of hydrogen-bond acceptors (Lipinski definition) is 4. The minimum atomic E-state index is -4.57. The van der Waals surface area contributed by atoms with Gasteiger partial charge in [0.2, 0.25) is 0 Å². The second-order valence-corrected chi connectivity index (χ2v) is 7.37.